The number of carbonyl (C=O) groups excluding carboxylic acids is 1. The normalized spacial score (nSPS) is 16.1. The molecule has 0 aliphatic carbocycles. The number of halogens is 1. The SMILES string of the molecule is O=C(C1CCCN(Cc2nc(-c3cccc(Br)c3)no2)C1)N(Cc1ccccc1)Cc1ccccc1. The Bertz CT molecular complexity index is 1240. The van der Waals surface area contributed by atoms with Crippen LogP contribution < -0.4 is 0 Å². The van der Waals surface area contributed by atoms with Crippen LogP contribution in [0.25, 0.3) is 11.4 Å². The molecule has 1 unspecified atom stereocenters. The van der Waals surface area contributed by atoms with E-state index in [9.17, 15) is 4.79 Å². The third-order valence-electron chi connectivity index (χ3n) is 6.51. The van der Waals surface area contributed by atoms with E-state index in [1.54, 1.807) is 0 Å². The molecule has 1 amide bonds. The zero-order chi connectivity index (χ0) is 24.7. The first-order valence-corrected chi connectivity index (χ1v) is 13.1. The number of aromatic nitrogens is 2. The quantitative estimate of drug-likeness (QED) is 0.274. The molecule has 0 radical (unpaired) electrons. The summed E-state index contributed by atoms with van der Waals surface area (Å²) in [4.78, 5) is 22.6. The molecule has 0 N–H and O–H groups in total. The van der Waals surface area contributed by atoms with Gasteiger partial charge in [0, 0.05) is 29.7 Å². The molecule has 0 bridgehead atoms. The minimum atomic E-state index is -0.0568. The highest BCUT2D eigenvalue weighted by molar-refractivity contribution is 9.10. The number of hydrogen-bond acceptors (Lipinski definition) is 5. The average Bonchev–Trinajstić information content (AvgIpc) is 3.38. The molecule has 3 aromatic carbocycles. The Morgan fingerprint density at radius 2 is 1.67 bits per heavy atom. The maximum absolute atomic E-state index is 13.8. The zero-order valence-electron chi connectivity index (χ0n) is 20.1. The van der Waals surface area contributed by atoms with Crippen LogP contribution in [-0.2, 0) is 24.4 Å². The van der Waals surface area contributed by atoms with Crippen molar-refractivity contribution >= 4 is 21.8 Å². The number of nitrogens with zero attached hydrogens (tertiary/aromatic N) is 4. The molecule has 1 fully saturated rings. The summed E-state index contributed by atoms with van der Waals surface area (Å²) in [6.45, 7) is 3.35. The third kappa shape index (κ3) is 6.28. The summed E-state index contributed by atoms with van der Waals surface area (Å²) >= 11 is 3.49. The van der Waals surface area contributed by atoms with Crippen molar-refractivity contribution in [3.63, 3.8) is 0 Å². The monoisotopic (exact) mass is 544 g/mol. The van der Waals surface area contributed by atoms with Crippen molar-refractivity contribution in [1.82, 2.24) is 19.9 Å². The second-order valence-electron chi connectivity index (χ2n) is 9.26. The van der Waals surface area contributed by atoms with E-state index in [-0.39, 0.29) is 11.8 Å². The van der Waals surface area contributed by atoms with Crippen LogP contribution >= 0.6 is 15.9 Å². The van der Waals surface area contributed by atoms with E-state index in [2.05, 4.69) is 55.2 Å². The summed E-state index contributed by atoms with van der Waals surface area (Å²) in [7, 11) is 0. The van der Waals surface area contributed by atoms with Crippen LogP contribution in [-0.4, -0.2) is 38.9 Å². The first kappa shape index (κ1) is 24.4. The lowest BCUT2D eigenvalue weighted by Gasteiger charge is -2.34. The van der Waals surface area contributed by atoms with Gasteiger partial charge in [-0.25, -0.2) is 0 Å². The minimum absolute atomic E-state index is 0.0568. The van der Waals surface area contributed by atoms with Crippen LogP contribution in [0.3, 0.4) is 0 Å². The molecule has 1 atom stereocenters. The van der Waals surface area contributed by atoms with Crippen LogP contribution in [0.4, 0.5) is 0 Å². The fraction of sp³-hybridized carbons (Fsp3) is 0.276. The van der Waals surface area contributed by atoms with E-state index in [4.69, 9.17) is 4.52 Å². The van der Waals surface area contributed by atoms with Gasteiger partial charge < -0.3 is 9.42 Å². The smallest absolute Gasteiger partial charge is 0.241 e. The van der Waals surface area contributed by atoms with E-state index in [1.807, 2.05) is 65.6 Å². The molecule has 2 heterocycles. The number of amides is 1. The van der Waals surface area contributed by atoms with Gasteiger partial charge in [-0.1, -0.05) is 93.9 Å². The Kier molecular flexibility index (Phi) is 7.88. The molecule has 6 nitrogen and oxygen atoms in total. The zero-order valence-corrected chi connectivity index (χ0v) is 21.7. The van der Waals surface area contributed by atoms with Gasteiger partial charge in [-0.05, 0) is 42.6 Å². The number of piperidine rings is 1. The highest BCUT2D eigenvalue weighted by Gasteiger charge is 2.30. The number of rotatable bonds is 8. The van der Waals surface area contributed by atoms with Crippen molar-refractivity contribution in [2.45, 2.75) is 32.5 Å². The van der Waals surface area contributed by atoms with Gasteiger partial charge in [-0.15, -0.1) is 0 Å². The van der Waals surface area contributed by atoms with Crippen molar-refractivity contribution < 1.29 is 9.32 Å². The van der Waals surface area contributed by atoms with Gasteiger partial charge >= 0.3 is 0 Å². The summed E-state index contributed by atoms with van der Waals surface area (Å²) in [5, 5.41) is 4.16. The van der Waals surface area contributed by atoms with Gasteiger partial charge in [-0.2, -0.15) is 4.98 Å². The maximum Gasteiger partial charge on any atom is 0.241 e. The molecule has 1 aliphatic rings. The highest BCUT2D eigenvalue weighted by Crippen LogP contribution is 2.24. The lowest BCUT2D eigenvalue weighted by Crippen LogP contribution is -2.44. The summed E-state index contributed by atoms with van der Waals surface area (Å²) in [6.07, 6.45) is 1.86. The number of benzene rings is 3. The summed E-state index contributed by atoms with van der Waals surface area (Å²) in [5.74, 6) is 1.29. The number of likely N-dealkylation sites (tertiary alicyclic amines) is 1. The largest absolute Gasteiger partial charge is 0.338 e. The molecule has 4 aromatic rings. The molecule has 1 aromatic heterocycles. The van der Waals surface area contributed by atoms with Crippen molar-refractivity contribution in [2.24, 2.45) is 5.92 Å². The van der Waals surface area contributed by atoms with E-state index in [0.29, 0.717) is 37.9 Å². The standard InChI is InChI=1S/C29H29BrN4O2/c30-26-15-7-13-24(17-26)28-31-27(36-32-28)21-33-16-8-14-25(20-33)29(35)34(18-22-9-3-1-4-10-22)19-23-11-5-2-6-12-23/h1-7,9-13,15,17,25H,8,14,16,18-21H2. The van der Waals surface area contributed by atoms with Gasteiger partial charge in [0.25, 0.3) is 0 Å². The van der Waals surface area contributed by atoms with Gasteiger partial charge in [0.1, 0.15) is 0 Å². The molecular formula is C29H29BrN4O2. The topological polar surface area (TPSA) is 62.5 Å². The lowest BCUT2D eigenvalue weighted by molar-refractivity contribution is -0.138. The Balaban J connectivity index is 1.26. The molecule has 184 valence electrons. The average molecular weight is 545 g/mol. The van der Waals surface area contributed by atoms with Crippen LogP contribution in [0.5, 0.6) is 0 Å². The lowest BCUT2D eigenvalue weighted by atomic mass is 9.96. The highest BCUT2D eigenvalue weighted by atomic mass is 79.9. The molecular weight excluding hydrogens is 516 g/mol. The van der Waals surface area contributed by atoms with Gasteiger partial charge in [0.05, 0.1) is 12.5 Å². The summed E-state index contributed by atoms with van der Waals surface area (Å²) in [5.41, 5.74) is 3.18. The Labute approximate surface area is 220 Å². The van der Waals surface area contributed by atoms with Crippen molar-refractivity contribution in [2.75, 3.05) is 13.1 Å². The summed E-state index contributed by atoms with van der Waals surface area (Å²) < 4.78 is 6.52. The van der Waals surface area contributed by atoms with Crippen LogP contribution in [0.2, 0.25) is 0 Å². The molecule has 0 saturated carbocycles. The van der Waals surface area contributed by atoms with E-state index >= 15 is 0 Å². The fourth-order valence-corrected chi connectivity index (χ4v) is 5.13. The first-order valence-electron chi connectivity index (χ1n) is 12.3. The fourth-order valence-electron chi connectivity index (χ4n) is 4.73. The van der Waals surface area contributed by atoms with Crippen LogP contribution in [0.15, 0.2) is 93.9 Å². The van der Waals surface area contributed by atoms with Crippen molar-refractivity contribution in [1.29, 1.82) is 0 Å². The Hall–Kier alpha value is -3.29. The number of hydrogen-bond donors (Lipinski definition) is 0. The molecule has 0 spiro atoms. The van der Waals surface area contributed by atoms with E-state index < -0.39 is 0 Å². The Morgan fingerprint density at radius 3 is 2.33 bits per heavy atom. The first-order chi connectivity index (χ1) is 17.6. The number of carbonyl (C=O) groups is 1. The minimum Gasteiger partial charge on any atom is -0.338 e. The second kappa shape index (κ2) is 11.6. The van der Waals surface area contributed by atoms with E-state index in [0.717, 1.165) is 40.5 Å². The molecule has 7 heteroatoms. The van der Waals surface area contributed by atoms with E-state index in [1.165, 1.54) is 0 Å². The second-order valence-corrected chi connectivity index (χ2v) is 10.2. The Morgan fingerprint density at radius 1 is 0.972 bits per heavy atom. The van der Waals surface area contributed by atoms with Gasteiger partial charge in [-0.3, -0.25) is 9.69 Å². The predicted molar refractivity (Wildman–Crippen MR) is 143 cm³/mol. The van der Waals surface area contributed by atoms with Crippen LogP contribution in [0.1, 0.15) is 29.9 Å². The van der Waals surface area contributed by atoms with Crippen molar-refractivity contribution in [3.8, 4) is 11.4 Å². The van der Waals surface area contributed by atoms with Crippen molar-refractivity contribution in [3.05, 3.63) is 106 Å². The van der Waals surface area contributed by atoms with Crippen LogP contribution in [0, 0.1) is 5.92 Å². The third-order valence-corrected chi connectivity index (χ3v) is 7.00. The molecule has 1 aliphatic heterocycles. The molecule has 36 heavy (non-hydrogen) atoms. The van der Waals surface area contributed by atoms with Gasteiger partial charge in [0.15, 0.2) is 0 Å². The summed E-state index contributed by atoms with van der Waals surface area (Å²) in [6, 6.07) is 28.3. The molecule has 5 rings (SSSR count). The van der Waals surface area contributed by atoms with Gasteiger partial charge in [0.2, 0.25) is 17.6 Å². The maximum atomic E-state index is 13.8. The molecule has 1 saturated heterocycles. The predicted octanol–water partition coefficient (Wildman–Crippen LogP) is 5.94.